The molecule has 0 bridgehead atoms. The fourth-order valence-corrected chi connectivity index (χ4v) is 0.621. The van der Waals surface area contributed by atoms with E-state index in [-0.39, 0.29) is 0 Å². The summed E-state index contributed by atoms with van der Waals surface area (Å²) in [5.74, 6) is 0. The van der Waals surface area contributed by atoms with E-state index in [1.165, 1.54) is 0 Å². The van der Waals surface area contributed by atoms with Crippen LogP contribution in [0.4, 0.5) is 0 Å². The van der Waals surface area contributed by atoms with Gasteiger partial charge in [0.1, 0.15) is 0 Å². The quantitative estimate of drug-likeness (QED) is 0.337. The minimum atomic E-state index is 0.546. The topological polar surface area (TPSA) is 65.6 Å². The second-order valence-electron chi connectivity index (χ2n) is 2.15. The number of benzene rings is 1. The summed E-state index contributed by atoms with van der Waals surface area (Å²) in [5, 5.41) is 18.5. The molecule has 0 saturated heterocycles. The lowest BCUT2D eigenvalue weighted by Gasteiger charge is -1.84. The highest BCUT2D eigenvalue weighted by atomic mass is 16.5. The molecule has 0 unspecified atom stereocenters. The summed E-state index contributed by atoms with van der Waals surface area (Å²) >= 11 is 0. The lowest BCUT2D eigenvalue weighted by atomic mass is 10.2. The van der Waals surface area contributed by atoms with Gasteiger partial charge in [-0.1, -0.05) is 23.4 Å². The van der Waals surface area contributed by atoms with Crippen LogP contribution in [0.25, 0.3) is 0 Å². The Morgan fingerprint density at radius 2 is 2.14 bits per heavy atom. The zero-order valence-corrected chi connectivity index (χ0v) is 7.92. The summed E-state index contributed by atoms with van der Waals surface area (Å²) in [7, 11) is 0. The normalized spacial score (nSPS) is 8.57. The van der Waals surface area contributed by atoms with Crippen LogP contribution in [0.3, 0.4) is 0 Å². The van der Waals surface area contributed by atoms with E-state index in [0.717, 1.165) is 6.40 Å². The lowest BCUT2D eigenvalue weighted by molar-refractivity contribution is 0.277. The summed E-state index contributed by atoms with van der Waals surface area (Å²) in [4.78, 5) is 0. The number of hydrogen-bond donors (Lipinski definition) is 1. The maximum absolute atomic E-state index is 8.29. The van der Waals surface area contributed by atoms with Crippen molar-refractivity contribution in [2.45, 2.75) is 6.92 Å². The van der Waals surface area contributed by atoms with Crippen molar-refractivity contribution in [1.82, 2.24) is 0 Å². The molecule has 0 heterocycles. The van der Waals surface area contributed by atoms with Gasteiger partial charge in [0, 0.05) is 0 Å². The molecule has 0 aliphatic rings. The van der Waals surface area contributed by atoms with Gasteiger partial charge in [0.05, 0.1) is 18.2 Å². The second-order valence-corrected chi connectivity index (χ2v) is 2.15. The number of ether oxygens (including phenoxy) is 1. The summed E-state index contributed by atoms with van der Waals surface area (Å²) in [6, 6.07) is 11.2. The van der Waals surface area contributed by atoms with Crippen molar-refractivity contribution in [2.75, 3.05) is 6.61 Å². The van der Waals surface area contributed by atoms with E-state index in [1.54, 1.807) is 12.1 Å². The molecular weight excluding hydrogens is 180 g/mol. The van der Waals surface area contributed by atoms with Crippen LogP contribution in [0.15, 0.2) is 35.5 Å². The molecule has 0 radical (unpaired) electrons. The zero-order chi connectivity index (χ0) is 10.6. The van der Waals surface area contributed by atoms with Gasteiger partial charge in [-0.05, 0) is 19.1 Å². The third kappa shape index (κ3) is 6.68. The van der Waals surface area contributed by atoms with E-state index < -0.39 is 0 Å². The SMILES string of the molecule is CCOC=NO.N#Cc1ccccc1. The van der Waals surface area contributed by atoms with Gasteiger partial charge in [-0.25, -0.2) is 0 Å². The minimum absolute atomic E-state index is 0.546. The summed E-state index contributed by atoms with van der Waals surface area (Å²) in [6.07, 6.45) is 0.986. The number of rotatable bonds is 2. The van der Waals surface area contributed by atoms with Crippen LogP contribution in [-0.2, 0) is 4.74 Å². The van der Waals surface area contributed by atoms with Crippen LogP contribution in [0, 0.1) is 11.3 Å². The Bertz CT molecular complexity index is 291. The molecule has 0 spiro atoms. The Hall–Kier alpha value is -2.02. The van der Waals surface area contributed by atoms with Gasteiger partial charge in [-0.2, -0.15) is 5.26 Å². The van der Waals surface area contributed by atoms with Crippen LogP contribution in [-0.4, -0.2) is 18.2 Å². The van der Waals surface area contributed by atoms with Crippen molar-refractivity contribution in [3.8, 4) is 6.07 Å². The Morgan fingerprint density at radius 1 is 1.50 bits per heavy atom. The number of hydrogen-bond acceptors (Lipinski definition) is 4. The first kappa shape index (κ1) is 12.0. The second kappa shape index (κ2) is 9.07. The molecule has 1 aromatic carbocycles. The van der Waals surface area contributed by atoms with Gasteiger partial charge in [0.2, 0.25) is 6.40 Å². The maximum atomic E-state index is 8.29. The van der Waals surface area contributed by atoms with Gasteiger partial charge < -0.3 is 9.94 Å². The van der Waals surface area contributed by atoms with E-state index in [9.17, 15) is 0 Å². The average molecular weight is 192 g/mol. The smallest absolute Gasteiger partial charge is 0.212 e. The largest absolute Gasteiger partial charge is 0.481 e. The van der Waals surface area contributed by atoms with E-state index >= 15 is 0 Å². The van der Waals surface area contributed by atoms with Crippen molar-refractivity contribution < 1.29 is 9.94 Å². The third-order valence-corrected chi connectivity index (χ3v) is 1.19. The molecule has 4 heteroatoms. The number of nitrogens with zero attached hydrogens (tertiary/aromatic N) is 2. The molecule has 0 aliphatic carbocycles. The summed E-state index contributed by atoms with van der Waals surface area (Å²) in [5.41, 5.74) is 0.715. The van der Waals surface area contributed by atoms with Crippen LogP contribution in [0.1, 0.15) is 12.5 Å². The summed E-state index contributed by atoms with van der Waals surface area (Å²) in [6.45, 7) is 2.35. The van der Waals surface area contributed by atoms with E-state index in [4.69, 9.17) is 10.5 Å². The van der Waals surface area contributed by atoms with Crippen molar-refractivity contribution >= 4 is 6.40 Å². The monoisotopic (exact) mass is 192 g/mol. The van der Waals surface area contributed by atoms with Gasteiger partial charge in [0.25, 0.3) is 0 Å². The first-order chi connectivity index (χ1) is 6.85. The standard InChI is InChI=1S/C7H5N.C3H7NO2/c8-6-7-4-2-1-3-5-7;1-2-6-3-4-5/h1-5H;3,5H,2H2,1H3. The molecule has 0 atom stereocenters. The highest BCUT2D eigenvalue weighted by Crippen LogP contribution is 1.93. The molecule has 0 fully saturated rings. The minimum Gasteiger partial charge on any atom is -0.481 e. The molecule has 0 saturated carbocycles. The lowest BCUT2D eigenvalue weighted by Crippen LogP contribution is -1.82. The van der Waals surface area contributed by atoms with Crippen molar-refractivity contribution in [1.29, 1.82) is 5.26 Å². The molecule has 0 aromatic heterocycles. The first-order valence-corrected chi connectivity index (χ1v) is 4.07. The Kier molecular flexibility index (Phi) is 7.76. The molecule has 14 heavy (non-hydrogen) atoms. The highest BCUT2D eigenvalue weighted by Gasteiger charge is 1.79. The zero-order valence-electron chi connectivity index (χ0n) is 7.92. The third-order valence-electron chi connectivity index (χ3n) is 1.19. The van der Waals surface area contributed by atoms with Gasteiger partial charge >= 0.3 is 0 Å². The van der Waals surface area contributed by atoms with E-state index in [2.05, 4.69) is 9.89 Å². The van der Waals surface area contributed by atoms with Gasteiger partial charge in [-0.15, -0.1) is 0 Å². The maximum Gasteiger partial charge on any atom is 0.212 e. The van der Waals surface area contributed by atoms with Gasteiger partial charge in [-0.3, -0.25) is 0 Å². The Balaban J connectivity index is 0.000000255. The molecule has 0 aliphatic heterocycles. The van der Waals surface area contributed by atoms with Crippen molar-refractivity contribution in [3.63, 3.8) is 0 Å². The van der Waals surface area contributed by atoms with Crippen LogP contribution < -0.4 is 0 Å². The molecule has 0 amide bonds. The van der Waals surface area contributed by atoms with Crippen LogP contribution in [0.2, 0.25) is 0 Å². The van der Waals surface area contributed by atoms with Crippen LogP contribution >= 0.6 is 0 Å². The first-order valence-electron chi connectivity index (χ1n) is 4.07. The molecule has 1 rings (SSSR count). The number of nitriles is 1. The molecular formula is C10H12N2O2. The fraction of sp³-hybridized carbons (Fsp3) is 0.200. The van der Waals surface area contributed by atoms with Gasteiger partial charge in [0.15, 0.2) is 0 Å². The molecule has 1 aromatic rings. The fourth-order valence-electron chi connectivity index (χ4n) is 0.621. The summed E-state index contributed by atoms with van der Waals surface area (Å²) < 4.78 is 4.44. The molecule has 74 valence electrons. The Labute approximate surface area is 83.0 Å². The van der Waals surface area contributed by atoms with E-state index in [1.807, 2.05) is 31.2 Å². The van der Waals surface area contributed by atoms with Crippen molar-refractivity contribution in [2.24, 2.45) is 5.16 Å². The highest BCUT2D eigenvalue weighted by molar-refractivity contribution is 5.44. The van der Waals surface area contributed by atoms with Crippen molar-refractivity contribution in [3.05, 3.63) is 35.9 Å². The molecule has 1 N–H and O–H groups in total. The molecule has 4 nitrogen and oxygen atoms in total. The average Bonchev–Trinajstić information content (AvgIpc) is 2.28. The van der Waals surface area contributed by atoms with E-state index in [0.29, 0.717) is 12.2 Å². The van der Waals surface area contributed by atoms with Crippen LogP contribution in [0.5, 0.6) is 0 Å². The Morgan fingerprint density at radius 3 is 2.43 bits per heavy atom. The predicted octanol–water partition coefficient (Wildman–Crippen LogP) is 2.00. The number of oxime groups is 1. The predicted molar refractivity (Wildman–Crippen MR) is 53.1 cm³/mol.